The minimum Gasteiger partial charge on any atom is -0.389 e. The van der Waals surface area contributed by atoms with Gasteiger partial charge in [0, 0.05) is 11.3 Å². The van der Waals surface area contributed by atoms with E-state index in [0.717, 1.165) is 6.07 Å². The van der Waals surface area contributed by atoms with Crippen molar-refractivity contribution >= 4 is 22.9 Å². The van der Waals surface area contributed by atoms with Crippen LogP contribution in [-0.2, 0) is 6.18 Å². The van der Waals surface area contributed by atoms with Crippen molar-refractivity contribution in [1.82, 2.24) is 0 Å². The van der Waals surface area contributed by atoms with E-state index < -0.39 is 29.7 Å². The maximum absolute atomic E-state index is 12.7. The Bertz CT molecular complexity index is 444. The summed E-state index contributed by atoms with van der Waals surface area (Å²) in [7, 11) is 0. The zero-order valence-electron chi connectivity index (χ0n) is 8.89. The quantitative estimate of drug-likeness (QED) is 0.659. The Balaban J connectivity index is 3.10. The molecule has 100 valence electrons. The molecule has 0 saturated carbocycles. The van der Waals surface area contributed by atoms with Gasteiger partial charge in [-0.1, -0.05) is 12.2 Å². The third-order valence-corrected chi connectivity index (χ3v) is 2.27. The minimum atomic E-state index is -4.65. The average molecular weight is 284 g/mol. The molecule has 0 fully saturated rings. The molecule has 0 atom stereocenters. The van der Waals surface area contributed by atoms with Crippen LogP contribution in [0.2, 0.25) is 0 Å². The van der Waals surface area contributed by atoms with Crippen LogP contribution in [0.4, 0.5) is 27.6 Å². The lowest BCUT2D eigenvalue weighted by Gasteiger charge is -2.14. The number of nitrogens with two attached hydrogens (primary N) is 1. The topological polar surface area (TPSA) is 38.0 Å². The zero-order valence-corrected chi connectivity index (χ0v) is 9.71. The van der Waals surface area contributed by atoms with Gasteiger partial charge in [-0.15, -0.1) is 0 Å². The maximum atomic E-state index is 12.7. The number of thiocarbonyl (C=S) groups is 1. The fraction of sp³-hybridized carbons (Fsp3) is 0.300. The molecule has 0 heterocycles. The standard InChI is InChI=1S/C10H9F5N2S/c11-8(12)4-17-5-1-2-6(9(16)18)7(3-5)10(13,14)15/h1-3,8,17H,4H2,(H2,16,18). The van der Waals surface area contributed by atoms with Crippen molar-refractivity contribution in [3.8, 4) is 0 Å². The van der Waals surface area contributed by atoms with E-state index >= 15 is 0 Å². The highest BCUT2D eigenvalue weighted by molar-refractivity contribution is 7.80. The molecule has 2 nitrogen and oxygen atoms in total. The molecule has 0 aliphatic rings. The van der Waals surface area contributed by atoms with E-state index in [1.54, 1.807) is 0 Å². The van der Waals surface area contributed by atoms with E-state index in [1.165, 1.54) is 6.07 Å². The van der Waals surface area contributed by atoms with E-state index in [-0.39, 0.29) is 11.3 Å². The lowest BCUT2D eigenvalue weighted by molar-refractivity contribution is -0.137. The highest BCUT2D eigenvalue weighted by Crippen LogP contribution is 2.33. The van der Waals surface area contributed by atoms with Crippen LogP contribution < -0.4 is 11.1 Å². The molecule has 1 aromatic rings. The molecule has 0 radical (unpaired) electrons. The van der Waals surface area contributed by atoms with Gasteiger partial charge in [0.15, 0.2) is 0 Å². The number of anilines is 1. The summed E-state index contributed by atoms with van der Waals surface area (Å²) in [5.74, 6) is 0. The first-order chi connectivity index (χ1) is 8.21. The van der Waals surface area contributed by atoms with Gasteiger partial charge in [-0.2, -0.15) is 13.2 Å². The van der Waals surface area contributed by atoms with Gasteiger partial charge < -0.3 is 11.1 Å². The van der Waals surface area contributed by atoms with E-state index in [0.29, 0.717) is 6.07 Å². The third-order valence-electron chi connectivity index (χ3n) is 2.05. The molecule has 0 spiro atoms. The Kier molecular flexibility index (Phi) is 4.44. The van der Waals surface area contributed by atoms with Crippen molar-refractivity contribution < 1.29 is 22.0 Å². The number of halogens is 5. The van der Waals surface area contributed by atoms with Crippen molar-refractivity contribution in [1.29, 1.82) is 0 Å². The van der Waals surface area contributed by atoms with E-state index in [9.17, 15) is 22.0 Å². The second-order valence-electron chi connectivity index (χ2n) is 3.39. The van der Waals surface area contributed by atoms with Crippen LogP contribution in [-0.4, -0.2) is 18.0 Å². The van der Waals surface area contributed by atoms with Gasteiger partial charge in [0.25, 0.3) is 6.43 Å². The van der Waals surface area contributed by atoms with Gasteiger partial charge in [-0.3, -0.25) is 0 Å². The number of nitrogens with one attached hydrogen (secondary N) is 1. The van der Waals surface area contributed by atoms with Crippen LogP contribution in [0, 0.1) is 0 Å². The van der Waals surface area contributed by atoms with Crippen LogP contribution in [0.1, 0.15) is 11.1 Å². The summed E-state index contributed by atoms with van der Waals surface area (Å²) in [5, 5.41) is 2.19. The van der Waals surface area contributed by atoms with E-state index in [4.69, 9.17) is 5.73 Å². The van der Waals surface area contributed by atoms with Crippen molar-refractivity contribution in [3.05, 3.63) is 29.3 Å². The Labute approximate surface area is 105 Å². The molecule has 1 aromatic carbocycles. The third kappa shape index (κ3) is 3.80. The molecule has 0 saturated heterocycles. The summed E-state index contributed by atoms with van der Waals surface area (Å²) < 4.78 is 62.0. The summed E-state index contributed by atoms with van der Waals surface area (Å²) in [6.07, 6.45) is -7.31. The Morgan fingerprint density at radius 1 is 1.33 bits per heavy atom. The van der Waals surface area contributed by atoms with Crippen molar-refractivity contribution in [3.63, 3.8) is 0 Å². The molecule has 8 heteroatoms. The predicted molar refractivity (Wildman–Crippen MR) is 61.8 cm³/mol. The van der Waals surface area contributed by atoms with Crippen molar-refractivity contribution in [2.45, 2.75) is 12.6 Å². The summed E-state index contributed by atoms with van der Waals surface area (Å²) in [6.45, 7) is -0.732. The Hall–Kier alpha value is -1.44. The molecule has 3 N–H and O–H groups in total. The molecule has 0 amide bonds. The van der Waals surface area contributed by atoms with Gasteiger partial charge in [0.05, 0.1) is 12.1 Å². The number of hydrogen-bond donors (Lipinski definition) is 2. The van der Waals surface area contributed by atoms with Gasteiger partial charge in [-0.25, -0.2) is 8.78 Å². The largest absolute Gasteiger partial charge is 0.417 e. The Morgan fingerprint density at radius 2 is 1.94 bits per heavy atom. The van der Waals surface area contributed by atoms with Crippen LogP contribution >= 0.6 is 12.2 Å². The minimum absolute atomic E-state index is 0.0670. The molecule has 0 aromatic heterocycles. The number of benzene rings is 1. The number of rotatable bonds is 4. The zero-order chi connectivity index (χ0) is 13.9. The summed E-state index contributed by atoms with van der Waals surface area (Å²) >= 11 is 4.51. The van der Waals surface area contributed by atoms with Crippen LogP contribution in [0.25, 0.3) is 0 Å². The van der Waals surface area contributed by atoms with Crippen molar-refractivity contribution in [2.24, 2.45) is 5.73 Å². The van der Waals surface area contributed by atoms with E-state index in [1.807, 2.05) is 0 Å². The molecule has 1 rings (SSSR count). The SMILES string of the molecule is NC(=S)c1ccc(NCC(F)F)cc1C(F)(F)F. The highest BCUT2D eigenvalue weighted by atomic mass is 32.1. The first-order valence-electron chi connectivity index (χ1n) is 4.75. The monoisotopic (exact) mass is 284 g/mol. The first kappa shape index (κ1) is 14.6. The van der Waals surface area contributed by atoms with Gasteiger partial charge in [0.2, 0.25) is 0 Å². The van der Waals surface area contributed by atoms with Crippen LogP contribution in [0.15, 0.2) is 18.2 Å². The molecule has 0 aliphatic heterocycles. The maximum Gasteiger partial charge on any atom is 0.417 e. The van der Waals surface area contributed by atoms with Gasteiger partial charge in [-0.05, 0) is 18.2 Å². The lowest BCUT2D eigenvalue weighted by atomic mass is 10.1. The molecular weight excluding hydrogens is 275 g/mol. The Morgan fingerprint density at radius 3 is 2.39 bits per heavy atom. The van der Waals surface area contributed by atoms with Crippen molar-refractivity contribution in [2.75, 3.05) is 11.9 Å². The fourth-order valence-corrected chi connectivity index (χ4v) is 1.48. The number of hydrogen-bond acceptors (Lipinski definition) is 2. The molecular formula is C10H9F5N2S. The average Bonchev–Trinajstić information content (AvgIpc) is 2.24. The van der Waals surface area contributed by atoms with E-state index in [2.05, 4.69) is 17.5 Å². The van der Waals surface area contributed by atoms with Crippen LogP contribution in [0.5, 0.6) is 0 Å². The first-order valence-corrected chi connectivity index (χ1v) is 5.15. The fourth-order valence-electron chi connectivity index (χ4n) is 1.30. The summed E-state index contributed by atoms with van der Waals surface area (Å²) in [6, 6.07) is 2.97. The molecule has 0 aliphatic carbocycles. The second kappa shape index (κ2) is 5.47. The molecule has 0 bridgehead atoms. The van der Waals surface area contributed by atoms with Gasteiger partial charge >= 0.3 is 6.18 Å². The smallest absolute Gasteiger partial charge is 0.389 e. The highest BCUT2D eigenvalue weighted by Gasteiger charge is 2.34. The summed E-state index contributed by atoms with van der Waals surface area (Å²) in [4.78, 5) is -0.400. The predicted octanol–water partition coefficient (Wildman–Crippen LogP) is 3.02. The normalized spacial score (nSPS) is 11.7. The second-order valence-corrected chi connectivity index (χ2v) is 3.83. The molecule has 18 heavy (non-hydrogen) atoms. The van der Waals surface area contributed by atoms with Crippen LogP contribution in [0.3, 0.4) is 0 Å². The van der Waals surface area contributed by atoms with Gasteiger partial charge in [0.1, 0.15) is 4.99 Å². The number of alkyl halides is 5. The molecule has 0 unspecified atom stereocenters. The summed E-state index contributed by atoms with van der Waals surface area (Å²) in [5.41, 5.74) is 3.73. The lowest BCUT2D eigenvalue weighted by Crippen LogP contribution is -2.19.